The third-order valence-corrected chi connectivity index (χ3v) is 2.82. The van der Waals surface area contributed by atoms with E-state index < -0.39 is 23.1 Å². The highest BCUT2D eigenvalue weighted by molar-refractivity contribution is 5.67. The van der Waals surface area contributed by atoms with Crippen molar-refractivity contribution in [3.8, 4) is 0 Å². The molecule has 4 heteroatoms. The fourth-order valence-corrected chi connectivity index (χ4v) is 1.88. The molecule has 3 N–H and O–H groups in total. The minimum Gasteiger partial charge on any atom is -0.481 e. The number of hydrogen-bond donors (Lipinski definition) is 3. The summed E-state index contributed by atoms with van der Waals surface area (Å²) in [7, 11) is 0. The van der Waals surface area contributed by atoms with Gasteiger partial charge in [-0.1, -0.05) is 12.2 Å². The second-order valence-corrected chi connectivity index (χ2v) is 4.32. The molecule has 80 valence electrons. The van der Waals surface area contributed by atoms with Crippen molar-refractivity contribution >= 4 is 5.97 Å². The van der Waals surface area contributed by atoms with Gasteiger partial charge < -0.3 is 15.3 Å². The Bertz CT molecular complexity index is 264. The Balaban J connectivity index is 2.86. The van der Waals surface area contributed by atoms with E-state index in [-0.39, 0.29) is 6.42 Å². The number of allylic oxidation sites excluding steroid dienone is 1. The minimum atomic E-state index is -1.43. The van der Waals surface area contributed by atoms with Gasteiger partial charge in [-0.05, 0) is 20.3 Å². The van der Waals surface area contributed by atoms with Crippen molar-refractivity contribution in [1.82, 2.24) is 0 Å². The van der Waals surface area contributed by atoms with Gasteiger partial charge in [0.25, 0.3) is 0 Å². The molecule has 0 spiro atoms. The molecule has 0 fully saturated rings. The van der Waals surface area contributed by atoms with E-state index in [1.165, 1.54) is 19.9 Å². The van der Waals surface area contributed by atoms with Gasteiger partial charge in [0.2, 0.25) is 0 Å². The van der Waals surface area contributed by atoms with Crippen LogP contribution < -0.4 is 0 Å². The first-order valence-electron chi connectivity index (χ1n) is 4.61. The van der Waals surface area contributed by atoms with Crippen LogP contribution in [0.1, 0.15) is 26.7 Å². The maximum absolute atomic E-state index is 10.5. The normalized spacial score (nSPS) is 32.1. The number of aliphatic hydroxyl groups is 2. The van der Waals surface area contributed by atoms with Crippen LogP contribution in [0.15, 0.2) is 12.2 Å². The first-order valence-corrected chi connectivity index (χ1v) is 4.61. The molecular formula is C10H16O4. The highest BCUT2D eigenvalue weighted by Crippen LogP contribution is 2.39. The average molecular weight is 200 g/mol. The van der Waals surface area contributed by atoms with E-state index in [0.29, 0.717) is 6.42 Å². The summed E-state index contributed by atoms with van der Waals surface area (Å²) in [5.74, 6) is -1.40. The summed E-state index contributed by atoms with van der Waals surface area (Å²) in [6.45, 7) is 2.97. The van der Waals surface area contributed by atoms with Crippen LogP contribution in [0.2, 0.25) is 0 Å². The van der Waals surface area contributed by atoms with Gasteiger partial charge in [-0.15, -0.1) is 0 Å². The van der Waals surface area contributed by atoms with E-state index in [1.807, 2.05) is 0 Å². The average Bonchev–Trinajstić information content (AvgIpc) is 2.31. The van der Waals surface area contributed by atoms with Crippen molar-refractivity contribution in [2.45, 2.75) is 37.9 Å². The quantitative estimate of drug-likeness (QED) is 0.581. The Morgan fingerprint density at radius 1 is 1.64 bits per heavy atom. The third kappa shape index (κ3) is 1.81. The molecule has 2 atom stereocenters. The van der Waals surface area contributed by atoms with Gasteiger partial charge in [0, 0.05) is 5.92 Å². The van der Waals surface area contributed by atoms with E-state index in [2.05, 4.69) is 0 Å². The predicted octanol–water partition coefficient (Wildman–Crippen LogP) is 0.539. The Morgan fingerprint density at radius 2 is 2.21 bits per heavy atom. The maximum Gasteiger partial charge on any atom is 0.303 e. The molecule has 0 heterocycles. The highest BCUT2D eigenvalue weighted by Gasteiger charge is 2.49. The van der Waals surface area contributed by atoms with Gasteiger partial charge in [-0.25, -0.2) is 0 Å². The SMILES string of the molecule is CC(C)(O)C1(O)C=CCC1CC(=O)O. The lowest BCUT2D eigenvalue weighted by Crippen LogP contribution is -2.52. The van der Waals surface area contributed by atoms with E-state index in [0.717, 1.165) is 0 Å². The van der Waals surface area contributed by atoms with Crippen molar-refractivity contribution in [3.63, 3.8) is 0 Å². The number of hydrogen-bond acceptors (Lipinski definition) is 3. The molecule has 2 unspecified atom stereocenters. The molecule has 0 aromatic heterocycles. The van der Waals surface area contributed by atoms with Crippen LogP contribution in [0.3, 0.4) is 0 Å². The predicted molar refractivity (Wildman–Crippen MR) is 50.7 cm³/mol. The van der Waals surface area contributed by atoms with Crippen molar-refractivity contribution in [3.05, 3.63) is 12.2 Å². The van der Waals surface area contributed by atoms with Crippen LogP contribution in [0.25, 0.3) is 0 Å². The van der Waals surface area contributed by atoms with Gasteiger partial charge in [0.1, 0.15) is 5.60 Å². The standard InChI is InChI=1S/C10H16O4/c1-9(2,13)10(14)5-3-4-7(10)6-8(11)12/h3,5,7,13-14H,4,6H2,1-2H3,(H,11,12). The van der Waals surface area contributed by atoms with E-state index in [4.69, 9.17) is 5.11 Å². The summed E-state index contributed by atoms with van der Waals surface area (Å²) in [6.07, 6.45) is 3.58. The number of carboxylic acid groups (broad SMARTS) is 1. The van der Waals surface area contributed by atoms with E-state index >= 15 is 0 Å². The first kappa shape index (κ1) is 11.2. The van der Waals surface area contributed by atoms with Crippen LogP contribution in [0.5, 0.6) is 0 Å². The minimum absolute atomic E-state index is 0.131. The monoisotopic (exact) mass is 200 g/mol. The van der Waals surface area contributed by atoms with Crippen LogP contribution in [0, 0.1) is 5.92 Å². The van der Waals surface area contributed by atoms with Crippen molar-refractivity contribution in [2.75, 3.05) is 0 Å². The number of aliphatic carboxylic acids is 1. The topological polar surface area (TPSA) is 77.8 Å². The molecule has 0 saturated heterocycles. The van der Waals surface area contributed by atoms with Gasteiger partial charge in [0.05, 0.1) is 12.0 Å². The lowest BCUT2D eigenvalue weighted by molar-refractivity contribution is -0.149. The van der Waals surface area contributed by atoms with Crippen LogP contribution >= 0.6 is 0 Å². The number of rotatable bonds is 3. The van der Waals surface area contributed by atoms with Crippen LogP contribution in [0.4, 0.5) is 0 Å². The van der Waals surface area contributed by atoms with Gasteiger partial charge in [0.15, 0.2) is 0 Å². The molecule has 4 nitrogen and oxygen atoms in total. The second kappa shape index (κ2) is 3.37. The zero-order valence-electron chi connectivity index (χ0n) is 8.40. The zero-order valence-corrected chi connectivity index (χ0v) is 8.40. The lowest BCUT2D eigenvalue weighted by Gasteiger charge is -2.39. The molecule has 0 amide bonds. The molecule has 0 saturated carbocycles. The largest absolute Gasteiger partial charge is 0.481 e. The summed E-state index contributed by atoms with van der Waals surface area (Å²) in [5, 5.41) is 28.6. The molecule has 0 aromatic rings. The Morgan fingerprint density at radius 3 is 2.64 bits per heavy atom. The summed E-state index contributed by atoms with van der Waals surface area (Å²) in [4.78, 5) is 10.5. The molecule has 0 bridgehead atoms. The van der Waals surface area contributed by atoms with Crippen LogP contribution in [-0.4, -0.2) is 32.5 Å². The zero-order chi connectivity index (χ0) is 11.0. The summed E-state index contributed by atoms with van der Waals surface area (Å²) < 4.78 is 0. The number of carboxylic acids is 1. The van der Waals surface area contributed by atoms with Gasteiger partial charge in [-0.2, -0.15) is 0 Å². The fourth-order valence-electron chi connectivity index (χ4n) is 1.88. The lowest BCUT2D eigenvalue weighted by atomic mass is 9.76. The molecule has 0 aliphatic heterocycles. The maximum atomic E-state index is 10.5. The molecule has 1 aliphatic carbocycles. The Labute approximate surface area is 82.9 Å². The summed E-state index contributed by atoms with van der Waals surface area (Å²) >= 11 is 0. The molecule has 1 rings (SSSR count). The van der Waals surface area contributed by atoms with Crippen molar-refractivity contribution in [2.24, 2.45) is 5.92 Å². The molecular weight excluding hydrogens is 184 g/mol. The molecule has 0 radical (unpaired) electrons. The Hall–Kier alpha value is -0.870. The summed E-state index contributed by atoms with van der Waals surface area (Å²) in [6, 6.07) is 0. The molecule has 1 aliphatic rings. The highest BCUT2D eigenvalue weighted by atomic mass is 16.4. The van der Waals surface area contributed by atoms with Gasteiger partial charge >= 0.3 is 5.97 Å². The summed E-state index contributed by atoms with van der Waals surface area (Å²) in [5.41, 5.74) is -2.74. The van der Waals surface area contributed by atoms with Crippen molar-refractivity contribution < 1.29 is 20.1 Å². The van der Waals surface area contributed by atoms with E-state index in [9.17, 15) is 15.0 Å². The fraction of sp³-hybridized carbons (Fsp3) is 0.700. The van der Waals surface area contributed by atoms with E-state index in [1.54, 1.807) is 6.08 Å². The second-order valence-electron chi connectivity index (χ2n) is 4.32. The molecule has 14 heavy (non-hydrogen) atoms. The van der Waals surface area contributed by atoms with Crippen LogP contribution in [-0.2, 0) is 4.79 Å². The Kier molecular flexibility index (Phi) is 2.69. The first-order chi connectivity index (χ1) is 6.27. The van der Waals surface area contributed by atoms with Crippen molar-refractivity contribution in [1.29, 1.82) is 0 Å². The van der Waals surface area contributed by atoms with Gasteiger partial charge in [-0.3, -0.25) is 4.79 Å². The number of carbonyl (C=O) groups is 1. The third-order valence-electron chi connectivity index (χ3n) is 2.82. The molecule has 0 aromatic carbocycles. The smallest absolute Gasteiger partial charge is 0.303 e.